The third-order valence-corrected chi connectivity index (χ3v) is 5.95. The summed E-state index contributed by atoms with van der Waals surface area (Å²) < 4.78 is 26.0. The van der Waals surface area contributed by atoms with Gasteiger partial charge in [0.1, 0.15) is 12.3 Å². The van der Waals surface area contributed by atoms with Crippen molar-refractivity contribution in [3.63, 3.8) is 0 Å². The lowest BCUT2D eigenvalue weighted by Gasteiger charge is -2.18. The number of pyridine rings is 1. The third kappa shape index (κ3) is 4.38. The van der Waals surface area contributed by atoms with E-state index in [0.717, 1.165) is 16.5 Å². The molecule has 1 fully saturated rings. The molecule has 1 aliphatic heterocycles. The Morgan fingerprint density at radius 1 is 1.00 bits per heavy atom. The van der Waals surface area contributed by atoms with E-state index >= 15 is 4.39 Å². The number of aromatic hydroxyl groups is 1. The van der Waals surface area contributed by atoms with E-state index in [1.54, 1.807) is 12.1 Å². The maximum absolute atomic E-state index is 15.1. The number of methoxy groups -OCH3 is 1. The van der Waals surface area contributed by atoms with Gasteiger partial charge in [0.05, 0.1) is 18.3 Å². The van der Waals surface area contributed by atoms with E-state index < -0.39 is 17.8 Å². The fraction of sp³-hybridized carbons (Fsp3) is 0.148. The zero-order valence-corrected chi connectivity index (χ0v) is 19.3. The molecule has 0 unspecified atom stereocenters. The van der Waals surface area contributed by atoms with Crippen molar-refractivity contribution >= 4 is 28.5 Å². The maximum atomic E-state index is 15.1. The number of fused-ring (bicyclic) bond motifs is 1. The van der Waals surface area contributed by atoms with Crippen LogP contribution < -0.4 is 14.4 Å². The van der Waals surface area contributed by atoms with E-state index in [9.17, 15) is 14.7 Å². The minimum atomic E-state index is -0.744. The van der Waals surface area contributed by atoms with Crippen LogP contribution in [0.15, 0.2) is 72.9 Å². The topological polar surface area (TPSA) is 92.2 Å². The summed E-state index contributed by atoms with van der Waals surface area (Å²) in [4.78, 5) is 32.1. The number of halogens is 1. The second-order valence-corrected chi connectivity index (χ2v) is 8.24. The first-order valence-electron chi connectivity index (χ1n) is 11.2. The smallest absolute Gasteiger partial charge is 0.331 e. The predicted octanol–water partition coefficient (Wildman–Crippen LogP) is 4.89. The van der Waals surface area contributed by atoms with Crippen LogP contribution >= 0.6 is 0 Å². The summed E-state index contributed by atoms with van der Waals surface area (Å²) in [7, 11) is 1.42. The van der Waals surface area contributed by atoms with Gasteiger partial charge in [-0.25, -0.2) is 14.1 Å². The minimum absolute atomic E-state index is 0.0662. The summed E-state index contributed by atoms with van der Waals surface area (Å²) in [5.74, 6) is -0.828. The zero-order chi connectivity index (χ0) is 25.2. The molecule has 9 heteroatoms. The lowest BCUT2D eigenvalue weighted by molar-refractivity contribution is -0.116. The Kier molecular flexibility index (Phi) is 6.12. The van der Waals surface area contributed by atoms with Crippen molar-refractivity contribution in [1.29, 1.82) is 0 Å². The summed E-state index contributed by atoms with van der Waals surface area (Å²) >= 11 is 0. The summed E-state index contributed by atoms with van der Waals surface area (Å²) in [6.07, 6.45) is 2.08. The van der Waals surface area contributed by atoms with E-state index in [1.807, 2.05) is 30.3 Å². The van der Waals surface area contributed by atoms with Crippen molar-refractivity contribution in [2.45, 2.75) is 6.42 Å². The second-order valence-electron chi connectivity index (χ2n) is 8.24. The quantitative estimate of drug-likeness (QED) is 0.373. The maximum Gasteiger partial charge on any atom is 0.331 e. The molecule has 0 spiro atoms. The molecule has 2 heterocycles. The van der Waals surface area contributed by atoms with Crippen molar-refractivity contribution in [1.82, 2.24) is 9.88 Å². The Labute approximate surface area is 206 Å². The molecule has 36 heavy (non-hydrogen) atoms. The Bertz CT molecular complexity index is 1460. The van der Waals surface area contributed by atoms with Crippen molar-refractivity contribution in [2.75, 3.05) is 25.1 Å². The Morgan fingerprint density at radius 2 is 1.81 bits per heavy atom. The summed E-state index contributed by atoms with van der Waals surface area (Å²) in [6.45, 7) is 0.312. The normalized spacial score (nSPS) is 13.5. The molecule has 5 rings (SSSR count). The number of ether oxygens (including phenoxy) is 2. The van der Waals surface area contributed by atoms with E-state index in [-0.39, 0.29) is 29.5 Å². The second kappa shape index (κ2) is 9.53. The van der Waals surface area contributed by atoms with Gasteiger partial charge in [0.25, 0.3) is 5.91 Å². The minimum Gasteiger partial charge on any atom is -0.504 e. The molecular weight excluding hydrogens is 465 g/mol. The van der Waals surface area contributed by atoms with Gasteiger partial charge >= 0.3 is 6.03 Å². The van der Waals surface area contributed by atoms with Crippen LogP contribution in [-0.2, 0) is 11.2 Å². The molecule has 0 saturated carbocycles. The number of phenolic OH excluding ortho intramolecular Hbond substituents is 1. The van der Waals surface area contributed by atoms with Crippen LogP contribution in [0.1, 0.15) is 5.56 Å². The van der Waals surface area contributed by atoms with Crippen molar-refractivity contribution in [3.8, 4) is 23.0 Å². The van der Waals surface area contributed by atoms with Gasteiger partial charge in [-0.1, -0.05) is 30.3 Å². The molecule has 0 bridgehead atoms. The van der Waals surface area contributed by atoms with Gasteiger partial charge in [-0.3, -0.25) is 9.78 Å². The van der Waals surface area contributed by atoms with Gasteiger partial charge in [0.15, 0.2) is 23.1 Å². The van der Waals surface area contributed by atoms with Crippen molar-refractivity contribution in [2.24, 2.45) is 0 Å². The standard InChI is InChI=1S/C27H22FN3O5/c1-35-25-14-19-21(15-22(25)32)29-11-9-23(19)36-24-8-7-18(13-20(24)28)31-26(33)16-30(27(31)34)12-10-17-5-3-2-4-6-17/h2-9,11,13-15,32H,10,12,16H2,1H3. The number of anilines is 1. The van der Waals surface area contributed by atoms with E-state index in [2.05, 4.69) is 4.98 Å². The number of hydrogen-bond acceptors (Lipinski definition) is 6. The highest BCUT2D eigenvalue weighted by atomic mass is 19.1. The van der Waals surface area contributed by atoms with Gasteiger partial charge in [-0.2, -0.15) is 0 Å². The molecule has 3 amide bonds. The van der Waals surface area contributed by atoms with Gasteiger partial charge in [-0.15, -0.1) is 0 Å². The first kappa shape index (κ1) is 23.1. The lowest BCUT2D eigenvalue weighted by atomic mass is 10.1. The number of phenols is 1. The van der Waals surface area contributed by atoms with Crippen LogP contribution in [0.25, 0.3) is 10.9 Å². The Morgan fingerprint density at radius 3 is 2.56 bits per heavy atom. The number of aromatic nitrogens is 1. The van der Waals surface area contributed by atoms with Gasteiger partial charge in [0.2, 0.25) is 0 Å². The molecule has 0 aliphatic carbocycles. The van der Waals surface area contributed by atoms with Crippen LogP contribution in [-0.4, -0.2) is 47.1 Å². The van der Waals surface area contributed by atoms with Crippen LogP contribution in [0.3, 0.4) is 0 Å². The summed E-state index contributed by atoms with van der Waals surface area (Å²) in [6, 6.07) is 17.6. The highest BCUT2D eigenvalue weighted by molar-refractivity contribution is 6.19. The van der Waals surface area contributed by atoms with Crippen molar-refractivity contribution < 1.29 is 28.6 Å². The molecule has 182 valence electrons. The zero-order valence-electron chi connectivity index (χ0n) is 19.3. The molecule has 1 aromatic heterocycles. The number of amides is 3. The highest BCUT2D eigenvalue weighted by Gasteiger charge is 2.37. The van der Waals surface area contributed by atoms with Crippen LogP contribution in [0.2, 0.25) is 0 Å². The van der Waals surface area contributed by atoms with Crippen LogP contribution in [0.4, 0.5) is 14.9 Å². The first-order valence-corrected chi connectivity index (χ1v) is 11.2. The van der Waals surface area contributed by atoms with E-state index in [4.69, 9.17) is 9.47 Å². The molecule has 3 aromatic carbocycles. The number of rotatable bonds is 7. The first-order chi connectivity index (χ1) is 17.4. The Hall–Kier alpha value is -4.66. The number of carbonyl (C=O) groups excluding carboxylic acids is 2. The van der Waals surface area contributed by atoms with Crippen LogP contribution in [0, 0.1) is 5.82 Å². The van der Waals surface area contributed by atoms with E-state index in [0.29, 0.717) is 29.6 Å². The summed E-state index contributed by atoms with van der Waals surface area (Å²) in [5.41, 5.74) is 1.62. The van der Waals surface area contributed by atoms with E-state index in [1.165, 1.54) is 36.4 Å². The fourth-order valence-corrected chi connectivity index (χ4v) is 4.11. The molecule has 4 aromatic rings. The predicted molar refractivity (Wildman–Crippen MR) is 131 cm³/mol. The monoisotopic (exact) mass is 487 g/mol. The van der Waals surface area contributed by atoms with Gasteiger partial charge < -0.3 is 19.5 Å². The molecule has 8 nitrogen and oxygen atoms in total. The van der Waals surface area contributed by atoms with Crippen LogP contribution in [0.5, 0.6) is 23.0 Å². The molecular formula is C27H22FN3O5. The highest BCUT2D eigenvalue weighted by Crippen LogP contribution is 2.37. The molecule has 1 saturated heterocycles. The average molecular weight is 487 g/mol. The molecule has 1 N–H and O–H groups in total. The fourth-order valence-electron chi connectivity index (χ4n) is 4.11. The average Bonchev–Trinajstić information content (AvgIpc) is 3.17. The third-order valence-electron chi connectivity index (χ3n) is 5.95. The van der Waals surface area contributed by atoms with Gasteiger partial charge in [-0.05, 0) is 36.2 Å². The summed E-state index contributed by atoms with van der Waals surface area (Å²) in [5, 5.41) is 10.5. The number of imide groups is 1. The largest absolute Gasteiger partial charge is 0.504 e. The molecule has 0 radical (unpaired) electrons. The van der Waals surface area contributed by atoms with Crippen molar-refractivity contribution in [3.05, 3.63) is 84.3 Å². The Balaban J connectivity index is 1.35. The number of urea groups is 1. The van der Waals surface area contributed by atoms with Gasteiger partial charge in [0, 0.05) is 30.3 Å². The number of hydrogen-bond donors (Lipinski definition) is 1. The lowest BCUT2D eigenvalue weighted by Crippen LogP contribution is -2.34. The number of benzene rings is 3. The SMILES string of the molecule is COc1cc2c(Oc3ccc(N4C(=O)CN(CCc5ccccc5)C4=O)cc3F)ccnc2cc1O. The number of carbonyl (C=O) groups is 2. The number of nitrogens with zero attached hydrogens (tertiary/aromatic N) is 3. The molecule has 0 atom stereocenters. The molecule has 1 aliphatic rings.